The average Bonchev–Trinajstić information content (AvgIpc) is 3.20. The van der Waals surface area contributed by atoms with E-state index in [4.69, 9.17) is 18.9 Å². The number of ether oxygens (including phenoxy) is 4. The van der Waals surface area contributed by atoms with Gasteiger partial charge in [0.15, 0.2) is 0 Å². The Morgan fingerprint density at radius 1 is 0.500 bits per heavy atom. The van der Waals surface area contributed by atoms with Crippen LogP contribution in [0.2, 0.25) is 0 Å². The normalized spacial score (nSPS) is 12.4. The highest BCUT2D eigenvalue weighted by molar-refractivity contribution is 5.73. The van der Waals surface area contributed by atoms with Gasteiger partial charge in [0, 0.05) is 19.4 Å². The Kier molecular flexibility index (Phi) is 35.3. The molecule has 0 saturated carbocycles. The molecule has 0 rings (SSSR count). The van der Waals surface area contributed by atoms with Crippen LogP contribution in [0.4, 0.5) is 0 Å². The third-order valence-corrected chi connectivity index (χ3v) is 11.8. The van der Waals surface area contributed by atoms with Crippen LogP contribution in [0.5, 0.6) is 0 Å². The van der Waals surface area contributed by atoms with E-state index < -0.39 is 11.3 Å². The molecule has 9 nitrogen and oxygen atoms in total. The number of unbranched alkanes of at least 4 members (excludes halogenated alkanes) is 11. The maximum absolute atomic E-state index is 14.0. The molecule has 0 aliphatic rings. The topological polar surface area (TPSA) is 108 Å². The molecule has 342 valence electrons. The molecule has 0 aromatic heterocycles. The monoisotopic (exact) mass is 824 g/mol. The van der Waals surface area contributed by atoms with Crippen molar-refractivity contribution in [1.82, 2.24) is 4.90 Å². The summed E-state index contributed by atoms with van der Waals surface area (Å²) in [6, 6.07) is 0. The number of hydrogen-bond acceptors (Lipinski definition) is 9. The highest BCUT2D eigenvalue weighted by Gasteiger charge is 2.41. The summed E-state index contributed by atoms with van der Waals surface area (Å²) in [4.78, 5) is 56.7. The number of carbonyl (C=O) groups is 4. The molecule has 0 saturated heterocycles. The zero-order chi connectivity index (χ0) is 43.4. The fourth-order valence-electron chi connectivity index (χ4n) is 7.77. The summed E-state index contributed by atoms with van der Waals surface area (Å²) in [6.45, 7) is 15.1. The van der Waals surface area contributed by atoms with E-state index in [0.29, 0.717) is 38.6 Å². The van der Waals surface area contributed by atoms with Crippen molar-refractivity contribution in [3.05, 3.63) is 0 Å². The number of hydrogen-bond donors (Lipinski definition) is 0. The van der Waals surface area contributed by atoms with E-state index in [1.807, 2.05) is 32.8 Å². The fourth-order valence-corrected chi connectivity index (χ4v) is 7.77. The highest BCUT2D eigenvalue weighted by atomic mass is 16.6. The summed E-state index contributed by atoms with van der Waals surface area (Å²) in [7, 11) is 3.81. The summed E-state index contributed by atoms with van der Waals surface area (Å²) >= 11 is 0. The molecule has 0 fully saturated rings. The van der Waals surface area contributed by atoms with Crippen LogP contribution in [-0.4, -0.2) is 75.3 Å². The number of esters is 4. The van der Waals surface area contributed by atoms with Crippen LogP contribution in [0.15, 0.2) is 0 Å². The van der Waals surface area contributed by atoms with Crippen LogP contribution < -0.4 is 0 Å². The minimum atomic E-state index is -1.12. The number of carbonyl (C=O) groups excluding carboxylic acids is 4. The Morgan fingerprint density at radius 3 is 1.26 bits per heavy atom. The molecule has 0 N–H and O–H groups in total. The van der Waals surface area contributed by atoms with Gasteiger partial charge in [-0.15, -0.1) is 0 Å². The summed E-state index contributed by atoms with van der Waals surface area (Å²) in [6.07, 6.45) is 24.1. The lowest BCUT2D eigenvalue weighted by Crippen LogP contribution is -2.43. The van der Waals surface area contributed by atoms with Gasteiger partial charge >= 0.3 is 23.9 Å². The van der Waals surface area contributed by atoms with Crippen molar-refractivity contribution in [2.45, 2.75) is 228 Å². The quantitative estimate of drug-likeness (QED) is 0.0339. The second-order valence-corrected chi connectivity index (χ2v) is 17.8. The largest absolute Gasteiger partial charge is 0.465 e. The van der Waals surface area contributed by atoms with Gasteiger partial charge in [0.1, 0.15) is 25.9 Å². The molecule has 0 bridgehead atoms. The molecule has 0 heterocycles. The van der Waals surface area contributed by atoms with Gasteiger partial charge in [-0.05, 0) is 77.3 Å². The minimum Gasteiger partial charge on any atom is -0.465 e. The standard InChI is InChI=1S/C49H93NO8/c1-10-17-22-27-32-43(48(54)58-44(15-6)16-7)37-49(38-55-45(51)33-34-50(8)9,39-56-46(52)35-41(28-23-18-11-2)29-24-19-12-3)40-57-47(53)36-42(30-25-20-13-4)31-26-21-14-5/h41-44H,10-40H2,1-9H3. The molecule has 0 radical (unpaired) electrons. The molecule has 0 amide bonds. The summed E-state index contributed by atoms with van der Waals surface area (Å²) in [5, 5.41) is 0. The summed E-state index contributed by atoms with van der Waals surface area (Å²) in [5.41, 5.74) is -1.12. The first-order valence-electron chi connectivity index (χ1n) is 24.2. The van der Waals surface area contributed by atoms with Gasteiger partial charge in [-0.1, -0.05) is 151 Å². The Labute approximate surface area is 357 Å². The Hall–Kier alpha value is -2.16. The van der Waals surface area contributed by atoms with E-state index in [1.54, 1.807) is 0 Å². The molecule has 0 aliphatic carbocycles. The summed E-state index contributed by atoms with van der Waals surface area (Å²) in [5.74, 6) is -1.32. The Bertz CT molecular complexity index is 966. The molecular weight excluding hydrogens is 731 g/mol. The maximum atomic E-state index is 14.0. The van der Waals surface area contributed by atoms with Crippen molar-refractivity contribution >= 4 is 23.9 Å². The zero-order valence-electron chi connectivity index (χ0n) is 39.4. The third kappa shape index (κ3) is 29.1. The second kappa shape index (κ2) is 36.7. The molecule has 9 heteroatoms. The first kappa shape index (κ1) is 55.8. The van der Waals surface area contributed by atoms with E-state index in [9.17, 15) is 19.2 Å². The Balaban J connectivity index is 6.81. The first-order valence-corrected chi connectivity index (χ1v) is 24.2. The van der Waals surface area contributed by atoms with Crippen LogP contribution in [0.3, 0.4) is 0 Å². The van der Waals surface area contributed by atoms with Crippen molar-refractivity contribution < 1.29 is 38.1 Å². The highest BCUT2D eigenvalue weighted by Crippen LogP contribution is 2.34. The first-order chi connectivity index (χ1) is 27.9. The van der Waals surface area contributed by atoms with Gasteiger partial charge in [0.25, 0.3) is 0 Å². The predicted octanol–water partition coefficient (Wildman–Crippen LogP) is 12.6. The van der Waals surface area contributed by atoms with Gasteiger partial charge in [-0.2, -0.15) is 0 Å². The van der Waals surface area contributed by atoms with Gasteiger partial charge in [0.05, 0.1) is 17.8 Å². The van der Waals surface area contributed by atoms with Crippen molar-refractivity contribution in [3.63, 3.8) is 0 Å². The van der Waals surface area contributed by atoms with Crippen molar-refractivity contribution in [2.24, 2.45) is 23.2 Å². The lowest BCUT2D eigenvalue weighted by molar-refractivity contribution is -0.167. The lowest BCUT2D eigenvalue weighted by Gasteiger charge is -2.35. The third-order valence-electron chi connectivity index (χ3n) is 11.8. The zero-order valence-corrected chi connectivity index (χ0v) is 39.4. The van der Waals surface area contributed by atoms with E-state index in [0.717, 1.165) is 128 Å². The molecule has 1 atom stereocenters. The van der Waals surface area contributed by atoms with Crippen molar-refractivity contribution in [1.29, 1.82) is 0 Å². The second-order valence-electron chi connectivity index (χ2n) is 17.8. The molecular formula is C49H93NO8. The van der Waals surface area contributed by atoms with E-state index in [-0.39, 0.29) is 74.5 Å². The van der Waals surface area contributed by atoms with Gasteiger partial charge in [-0.3, -0.25) is 19.2 Å². The van der Waals surface area contributed by atoms with Crippen molar-refractivity contribution in [2.75, 3.05) is 40.5 Å². The Morgan fingerprint density at radius 2 is 0.879 bits per heavy atom. The van der Waals surface area contributed by atoms with E-state index >= 15 is 0 Å². The summed E-state index contributed by atoms with van der Waals surface area (Å²) < 4.78 is 24.5. The van der Waals surface area contributed by atoms with Crippen LogP contribution in [-0.2, 0) is 38.1 Å². The van der Waals surface area contributed by atoms with Gasteiger partial charge in [-0.25, -0.2) is 0 Å². The van der Waals surface area contributed by atoms with Crippen LogP contribution in [0, 0.1) is 23.2 Å². The predicted molar refractivity (Wildman–Crippen MR) is 239 cm³/mol. The minimum absolute atomic E-state index is 0.114. The molecule has 0 aliphatic heterocycles. The fraction of sp³-hybridized carbons (Fsp3) is 0.918. The van der Waals surface area contributed by atoms with Crippen LogP contribution in [0.25, 0.3) is 0 Å². The number of rotatable bonds is 40. The van der Waals surface area contributed by atoms with Gasteiger partial charge < -0.3 is 23.8 Å². The van der Waals surface area contributed by atoms with E-state index in [1.165, 1.54) is 0 Å². The van der Waals surface area contributed by atoms with Crippen LogP contribution >= 0.6 is 0 Å². The molecule has 0 aromatic rings. The maximum Gasteiger partial charge on any atom is 0.309 e. The molecule has 1 unspecified atom stereocenters. The molecule has 0 spiro atoms. The van der Waals surface area contributed by atoms with Crippen LogP contribution in [0.1, 0.15) is 222 Å². The smallest absolute Gasteiger partial charge is 0.309 e. The van der Waals surface area contributed by atoms with Crippen molar-refractivity contribution in [3.8, 4) is 0 Å². The lowest BCUT2D eigenvalue weighted by atomic mass is 9.78. The van der Waals surface area contributed by atoms with Gasteiger partial charge in [0.2, 0.25) is 0 Å². The number of nitrogens with zero attached hydrogens (tertiary/aromatic N) is 1. The molecule has 58 heavy (non-hydrogen) atoms. The average molecular weight is 824 g/mol. The SMILES string of the molecule is CCCCCCC(CC(COC(=O)CCN(C)C)(COC(=O)CC(CCCCC)CCCCC)COC(=O)CC(CCCCC)CCCCC)C(=O)OC(CC)CC. The van der Waals surface area contributed by atoms with E-state index in [2.05, 4.69) is 34.6 Å². The molecule has 0 aromatic carbocycles.